The highest BCUT2D eigenvalue weighted by Crippen LogP contribution is 2.58. The fraction of sp³-hybridized carbons (Fsp3) is 0.700. The van der Waals surface area contributed by atoms with Crippen LogP contribution in [0, 0.1) is 0 Å². The highest BCUT2D eigenvalue weighted by molar-refractivity contribution is 5.75. The lowest BCUT2D eigenvalue weighted by Crippen LogP contribution is -2.20. The molecule has 3 nitrogen and oxygen atoms in total. The van der Waals surface area contributed by atoms with Gasteiger partial charge in [0, 0.05) is 0 Å². The Morgan fingerprint density at radius 2 is 1.77 bits per heavy atom. The second-order valence-corrected chi connectivity index (χ2v) is 4.23. The van der Waals surface area contributed by atoms with E-state index in [0.29, 0.717) is 0 Å². The molecule has 0 aromatic rings. The Labute approximate surface area is 78.4 Å². The Hall–Kier alpha value is -0.990. The van der Waals surface area contributed by atoms with Crippen LogP contribution in [0.4, 0.5) is 4.79 Å². The van der Waals surface area contributed by atoms with Crippen molar-refractivity contribution < 1.29 is 9.53 Å². The summed E-state index contributed by atoms with van der Waals surface area (Å²) >= 11 is 0. The lowest BCUT2D eigenvalue weighted by atomic mass is 9.86. The van der Waals surface area contributed by atoms with Crippen LogP contribution in [-0.4, -0.2) is 29.2 Å². The first-order chi connectivity index (χ1) is 6.06. The maximum Gasteiger partial charge on any atom is 0.410 e. The van der Waals surface area contributed by atoms with Gasteiger partial charge in [0.2, 0.25) is 0 Å². The summed E-state index contributed by atoms with van der Waals surface area (Å²) in [6, 6.07) is 0. The molecule has 0 N–H and O–H groups in total. The number of hydrogen-bond acceptors (Lipinski definition) is 2. The fourth-order valence-corrected chi connectivity index (χ4v) is 2.47. The predicted molar refractivity (Wildman–Crippen MR) is 49.4 cm³/mol. The van der Waals surface area contributed by atoms with Crippen molar-refractivity contribution in [2.75, 3.05) is 7.11 Å². The van der Waals surface area contributed by atoms with Gasteiger partial charge in [0.1, 0.15) is 0 Å². The van der Waals surface area contributed by atoms with Crippen molar-refractivity contribution in [1.29, 1.82) is 0 Å². The average Bonchev–Trinajstić information content (AvgIpc) is 2.62. The van der Waals surface area contributed by atoms with E-state index in [4.69, 9.17) is 4.74 Å². The Morgan fingerprint density at radius 3 is 2.15 bits per heavy atom. The van der Waals surface area contributed by atoms with Crippen LogP contribution in [-0.2, 0) is 4.74 Å². The van der Waals surface area contributed by atoms with Gasteiger partial charge in [-0.3, -0.25) is 4.90 Å². The van der Waals surface area contributed by atoms with E-state index < -0.39 is 0 Å². The van der Waals surface area contributed by atoms with Gasteiger partial charge in [-0.2, -0.15) is 0 Å². The van der Waals surface area contributed by atoms with E-state index in [1.807, 2.05) is 4.90 Å². The topological polar surface area (TPSA) is 29.3 Å². The van der Waals surface area contributed by atoms with Gasteiger partial charge in [0.15, 0.2) is 0 Å². The molecule has 0 saturated carbocycles. The van der Waals surface area contributed by atoms with Crippen LogP contribution in [0.1, 0.15) is 26.7 Å². The van der Waals surface area contributed by atoms with Gasteiger partial charge in [-0.15, -0.1) is 0 Å². The van der Waals surface area contributed by atoms with Crippen molar-refractivity contribution in [1.82, 2.24) is 4.90 Å². The van der Waals surface area contributed by atoms with E-state index in [1.165, 1.54) is 7.11 Å². The summed E-state index contributed by atoms with van der Waals surface area (Å²) in [6.45, 7) is 4.24. The minimum Gasteiger partial charge on any atom is -0.453 e. The van der Waals surface area contributed by atoms with Crippen LogP contribution in [0.2, 0.25) is 0 Å². The lowest BCUT2D eigenvalue weighted by molar-refractivity contribution is 0.144. The van der Waals surface area contributed by atoms with Crippen molar-refractivity contribution >= 4 is 6.09 Å². The SMILES string of the molecule is COC(=O)N1[C@]2(C)CC=CC[C@@]12C. The van der Waals surface area contributed by atoms with Crippen LogP contribution in [0.15, 0.2) is 12.2 Å². The van der Waals surface area contributed by atoms with E-state index in [-0.39, 0.29) is 17.2 Å². The van der Waals surface area contributed by atoms with Crippen LogP contribution in [0.25, 0.3) is 0 Å². The number of carbonyl (C=O) groups is 1. The summed E-state index contributed by atoms with van der Waals surface area (Å²) in [7, 11) is 1.44. The molecule has 0 radical (unpaired) electrons. The molecule has 2 aliphatic rings. The Kier molecular flexibility index (Phi) is 1.51. The van der Waals surface area contributed by atoms with Crippen molar-refractivity contribution in [2.45, 2.75) is 37.8 Å². The minimum atomic E-state index is -0.200. The van der Waals surface area contributed by atoms with E-state index >= 15 is 0 Å². The standard InChI is InChI=1S/C10H15NO2/c1-9-6-4-5-7-10(9,2)11(9)8(12)13-3/h4-5H,6-7H2,1-3H3/t9-,10-/m1/s1. The van der Waals surface area contributed by atoms with Gasteiger partial charge in [-0.25, -0.2) is 4.79 Å². The Morgan fingerprint density at radius 1 is 1.31 bits per heavy atom. The first-order valence-electron chi connectivity index (χ1n) is 4.59. The summed E-state index contributed by atoms with van der Waals surface area (Å²) in [5.74, 6) is 0. The third-order valence-corrected chi connectivity index (χ3v) is 3.65. The summed E-state index contributed by atoms with van der Waals surface area (Å²) < 4.78 is 4.76. The molecule has 3 heteroatoms. The highest BCUT2D eigenvalue weighted by Gasteiger charge is 2.71. The van der Waals surface area contributed by atoms with E-state index in [1.54, 1.807) is 0 Å². The Bertz CT molecular complexity index is 267. The first kappa shape index (κ1) is 8.60. The summed E-state index contributed by atoms with van der Waals surface area (Å²) in [6.07, 6.45) is 5.97. The van der Waals surface area contributed by atoms with Crippen molar-refractivity contribution in [3.63, 3.8) is 0 Å². The Balaban J connectivity index is 2.24. The van der Waals surface area contributed by atoms with Crippen molar-refractivity contribution in [2.24, 2.45) is 0 Å². The number of fused-ring (bicyclic) bond motifs is 1. The number of amides is 1. The molecule has 0 bridgehead atoms. The quantitative estimate of drug-likeness (QED) is 0.422. The number of hydrogen-bond donors (Lipinski definition) is 0. The van der Waals surface area contributed by atoms with Crippen molar-refractivity contribution in [3.05, 3.63) is 12.2 Å². The molecule has 2 rings (SSSR count). The second kappa shape index (κ2) is 2.28. The molecular weight excluding hydrogens is 166 g/mol. The van der Waals surface area contributed by atoms with Gasteiger partial charge in [0.25, 0.3) is 0 Å². The monoisotopic (exact) mass is 181 g/mol. The average molecular weight is 181 g/mol. The zero-order valence-electron chi connectivity index (χ0n) is 8.33. The van der Waals surface area contributed by atoms with Gasteiger partial charge in [0.05, 0.1) is 18.2 Å². The molecule has 1 aliphatic carbocycles. The molecule has 0 unspecified atom stereocenters. The largest absolute Gasteiger partial charge is 0.453 e. The first-order valence-corrected chi connectivity index (χ1v) is 4.59. The van der Waals surface area contributed by atoms with E-state index in [0.717, 1.165) is 12.8 Å². The number of rotatable bonds is 0. The third kappa shape index (κ3) is 0.820. The fourth-order valence-electron chi connectivity index (χ4n) is 2.47. The number of ether oxygens (including phenoxy) is 1. The maximum atomic E-state index is 11.4. The molecule has 0 aromatic heterocycles. The van der Waals surface area contributed by atoms with Crippen LogP contribution in [0.5, 0.6) is 0 Å². The summed E-state index contributed by atoms with van der Waals surface area (Å²) in [4.78, 5) is 13.3. The molecular formula is C10H15NO2. The molecule has 0 aromatic carbocycles. The van der Waals surface area contributed by atoms with E-state index in [9.17, 15) is 4.79 Å². The normalized spacial score (nSPS) is 41.3. The third-order valence-electron chi connectivity index (χ3n) is 3.65. The lowest BCUT2D eigenvalue weighted by Gasteiger charge is -2.13. The molecule has 1 aliphatic heterocycles. The molecule has 2 atom stereocenters. The van der Waals surface area contributed by atoms with Crippen LogP contribution >= 0.6 is 0 Å². The van der Waals surface area contributed by atoms with Crippen LogP contribution in [0.3, 0.4) is 0 Å². The maximum absolute atomic E-state index is 11.4. The zero-order valence-corrected chi connectivity index (χ0v) is 8.33. The highest BCUT2D eigenvalue weighted by atomic mass is 16.5. The molecule has 1 amide bonds. The van der Waals surface area contributed by atoms with Gasteiger partial charge in [-0.1, -0.05) is 12.2 Å². The van der Waals surface area contributed by atoms with Crippen LogP contribution < -0.4 is 0 Å². The number of methoxy groups -OCH3 is 1. The van der Waals surface area contributed by atoms with Gasteiger partial charge in [-0.05, 0) is 26.7 Å². The van der Waals surface area contributed by atoms with E-state index in [2.05, 4.69) is 26.0 Å². The van der Waals surface area contributed by atoms with Gasteiger partial charge < -0.3 is 4.74 Å². The molecule has 0 spiro atoms. The summed E-state index contributed by atoms with van der Waals surface area (Å²) in [5, 5.41) is 0. The smallest absolute Gasteiger partial charge is 0.410 e. The molecule has 72 valence electrons. The summed E-state index contributed by atoms with van der Waals surface area (Å²) in [5.41, 5.74) is -0.0102. The predicted octanol–water partition coefficient (Wildman–Crippen LogP) is 1.94. The van der Waals surface area contributed by atoms with Gasteiger partial charge >= 0.3 is 6.09 Å². The molecule has 1 heterocycles. The second-order valence-electron chi connectivity index (χ2n) is 4.23. The molecule has 13 heavy (non-hydrogen) atoms. The van der Waals surface area contributed by atoms with Crippen molar-refractivity contribution in [3.8, 4) is 0 Å². The molecule has 1 saturated heterocycles. The number of nitrogens with zero attached hydrogens (tertiary/aromatic N) is 1. The number of carbonyl (C=O) groups excluding carboxylic acids is 1. The molecule has 1 fully saturated rings. The zero-order chi connectivity index (χ0) is 9.69. The minimum absolute atomic E-state index is 0.00512.